The third-order valence-electron chi connectivity index (χ3n) is 2.79. The number of hydrogen-bond donors (Lipinski definition) is 0. The lowest BCUT2D eigenvalue weighted by atomic mass is 10.2. The second kappa shape index (κ2) is 4.51. The van der Waals surface area contributed by atoms with E-state index in [1.54, 1.807) is 4.57 Å². The van der Waals surface area contributed by atoms with Crippen LogP contribution in [-0.2, 0) is 29.0 Å². The van der Waals surface area contributed by atoms with Gasteiger partial charge in [-0.3, -0.25) is 9.36 Å². The average Bonchev–Trinajstić information content (AvgIpc) is 2.64. The number of carbonyl (C=O) groups excluding carboxylic acids is 1. The van der Waals surface area contributed by atoms with Crippen molar-refractivity contribution in [1.82, 2.24) is 14.3 Å². The first-order valence-corrected chi connectivity index (χ1v) is 5.45. The van der Waals surface area contributed by atoms with Crippen LogP contribution in [0.5, 0.6) is 0 Å². The maximum Gasteiger partial charge on any atom is 0.345 e. The fourth-order valence-electron chi connectivity index (χ4n) is 1.89. The molecule has 2 rings (SSSR count). The number of ether oxygens (including phenoxy) is 1. The normalized spacial score (nSPS) is 14.6. The second-order valence-corrected chi connectivity index (χ2v) is 3.86. The molecule has 0 fully saturated rings. The summed E-state index contributed by atoms with van der Waals surface area (Å²) >= 11 is 0. The minimum Gasteiger partial charge on any atom is -0.469 e. The van der Waals surface area contributed by atoms with E-state index in [4.69, 9.17) is 0 Å². The highest BCUT2D eigenvalue weighted by Gasteiger charge is 2.16. The van der Waals surface area contributed by atoms with E-state index in [1.165, 1.54) is 11.8 Å². The topological polar surface area (TPSA) is 66.1 Å². The zero-order chi connectivity index (χ0) is 11.5. The number of nitrogens with zero attached hydrogens (tertiary/aromatic N) is 3. The second-order valence-electron chi connectivity index (χ2n) is 3.86. The fraction of sp³-hybridized carbons (Fsp3) is 0.700. The number of aryl methyl sites for hydroxylation is 2. The molecule has 0 spiro atoms. The van der Waals surface area contributed by atoms with Crippen molar-refractivity contribution >= 4 is 5.97 Å². The predicted molar refractivity (Wildman–Crippen MR) is 56.1 cm³/mol. The van der Waals surface area contributed by atoms with Crippen molar-refractivity contribution < 1.29 is 9.53 Å². The smallest absolute Gasteiger partial charge is 0.345 e. The lowest BCUT2D eigenvalue weighted by Crippen LogP contribution is -2.27. The van der Waals surface area contributed by atoms with Gasteiger partial charge in [0.1, 0.15) is 5.82 Å². The van der Waals surface area contributed by atoms with E-state index in [0.29, 0.717) is 6.54 Å². The summed E-state index contributed by atoms with van der Waals surface area (Å²) in [5.41, 5.74) is -0.112. The maximum absolute atomic E-state index is 11.8. The number of rotatable bonds is 3. The van der Waals surface area contributed by atoms with Crippen LogP contribution >= 0.6 is 0 Å². The number of esters is 1. The van der Waals surface area contributed by atoms with E-state index in [-0.39, 0.29) is 18.1 Å². The van der Waals surface area contributed by atoms with Crippen LogP contribution < -0.4 is 5.69 Å². The Labute approximate surface area is 92.8 Å². The van der Waals surface area contributed by atoms with Gasteiger partial charge in [0.2, 0.25) is 0 Å². The van der Waals surface area contributed by atoms with Crippen molar-refractivity contribution in [2.75, 3.05) is 7.11 Å². The first-order chi connectivity index (χ1) is 7.72. The summed E-state index contributed by atoms with van der Waals surface area (Å²) in [5, 5.41) is 4.22. The molecule has 0 saturated heterocycles. The fourth-order valence-corrected chi connectivity index (χ4v) is 1.89. The van der Waals surface area contributed by atoms with Gasteiger partial charge in [-0.05, 0) is 12.8 Å². The molecule has 2 heterocycles. The van der Waals surface area contributed by atoms with E-state index >= 15 is 0 Å². The van der Waals surface area contributed by atoms with E-state index in [2.05, 4.69) is 9.84 Å². The SMILES string of the molecule is COC(=O)CCn1nc2n(c1=O)CCCC2. The van der Waals surface area contributed by atoms with E-state index < -0.39 is 0 Å². The molecule has 16 heavy (non-hydrogen) atoms. The van der Waals surface area contributed by atoms with Crippen molar-refractivity contribution in [1.29, 1.82) is 0 Å². The number of fused-ring (bicyclic) bond motifs is 1. The molecule has 6 heteroatoms. The molecule has 1 aromatic heterocycles. The predicted octanol–water partition coefficient (Wildman–Crippen LogP) is -0.0558. The molecule has 88 valence electrons. The van der Waals surface area contributed by atoms with Crippen LogP contribution in [0.2, 0.25) is 0 Å². The number of hydrogen-bond acceptors (Lipinski definition) is 4. The number of methoxy groups -OCH3 is 1. The van der Waals surface area contributed by atoms with Gasteiger partial charge in [-0.1, -0.05) is 0 Å². The molecule has 0 aromatic carbocycles. The maximum atomic E-state index is 11.8. The Balaban J connectivity index is 2.13. The number of aromatic nitrogens is 3. The molecule has 0 atom stereocenters. The molecule has 0 radical (unpaired) electrons. The molecule has 0 amide bonds. The Kier molecular flexibility index (Phi) is 3.07. The van der Waals surface area contributed by atoms with Crippen molar-refractivity contribution in [2.45, 2.75) is 38.8 Å². The summed E-state index contributed by atoms with van der Waals surface area (Å²) in [6.45, 7) is 1.04. The zero-order valence-corrected chi connectivity index (χ0v) is 9.31. The van der Waals surface area contributed by atoms with Crippen LogP contribution in [0.15, 0.2) is 4.79 Å². The van der Waals surface area contributed by atoms with Crippen LogP contribution in [0.3, 0.4) is 0 Å². The summed E-state index contributed by atoms with van der Waals surface area (Å²) in [6.07, 6.45) is 3.14. The van der Waals surface area contributed by atoms with Crippen LogP contribution in [0.25, 0.3) is 0 Å². The summed E-state index contributed by atoms with van der Waals surface area (Å²) < 4.78 is 7.58. The van der Waals surface area contributed by atoms with Gasteiger partial charge in [-0.2, -0.15) is 5.10 Å². The van der Waals surface area contributed by atoms with Crippen molar-refractivity contribution in [3.63, 3.8) is 0 Å². The Morgan fingerprint density at radius 1 is 1.50 bits per heavy atom. The van der Waals surface area contributed by atoms with Crippen LogP contribution in [0, 0.1) is 0 Å². The van der Waals surface area contributed by atoms with Crippen molar-refractivity contribution in [3.8, 4) is 0 Å². The Bertz CT molecular complexity index is 447. The van der Waals surface area contributed by atoms with Crippen molar-refractivity contribution in [2.24, 2.45) is 0 Å². The molecule has 1 aromatic rings. The lowest BCUT2D eigenvalue weighted by Gasteiger charge is -2.09. The molecule has 1 aliphatic rings. The highest BCUT2D eigenvalue weighted by molar-refractivity contribution is 5.68. The average molecular weight is 225 g/mol. The van der Waals surface area contributed by atoms with E-state index in [9.17, 15) is 9.59 Å². The minimum atomic E-state index is -0.321. The highest BCUT2D eigenvalue weighted by Crippen LogP contribution is 2.09. The van der Waals surface area contributed by atoms with Crippen LogP contribution in [0.4, 0.5) is 0 Å². The summed E-state index contributed by atoms with van der Waals surface area (Å²) in [7, 11) is 1.34. The summed E-state index contributed by atoms with van der Waals surface area (Å²) in [5.74, 6) is 0.513. The quantitative estimate of drug-likeness (QED) is 0.676. The van der Waals surface area contributed by atoms with Gasteiger partial charge in [-0.15, -0.1) is 0 Å². The summed E-state index contributed by atoms with van der Waals surface area (Å²) in [4.78, 5) is 22.8. The molecule has 0 aliphatic carbocycles. The molecule has 0 bridgehead atoms. The minimum absolute atomic E-state index is 0.112. The van der Waals surface area contributed by atoms with Gasteiger partial charge < -0.3 is 4.74 Å². The molecule has 0 N–H and O–H groups in total. The molecular formula is C10H15N3O3. The molecule has 1 aliphatic heterocycles. The van der Waals surface area contributed by atoms with E-state index in [1.807, 2.05) is 0 Å². The van der Waals surface area contributed by atoms with Gasteiger partial charge >= 0.3 is 11.7 Å². The van der Waals surface area contributed by atoms with Gasteiger partial charge in [0.25, 0.3) is 0 Å². The molecule has 0 unspecified atom stereocenters. The van der Waals surface area contributed by atoms with Crippen molar-refractivity contribution in [3.05, 3.63) is 16.3 Å². The van der Waals surface area contributed by atoms with Gasteiger partial charge in [0.15, 0.2) is 0 Å². The zero-order valence-electron chi connectivity index (χ0n) is 9.31. The standard InChI is InChI=1S/C10H15N3O3/c1-16-9(14)5-7-13-10(15)12-6-3-2-4-8(12)11-13/h2-7H2,1H3. The Morgan fingerprint density at radius 3 is 3.00 bits per heavy atom. The molecular weight excluding hydrogens is 210 g/mol. The Morgan fingerprint density at radius 2 is 2.31 bits per heavy atom. The Hall–Kier alpha value is -1.59. The lowest BCUT2D eigenvalue weighted by molar-refractivity contribution is -0.140. The van der Waals surface area contributed by atoms with Crippen LogP contribution in [-0.4, -0.2) is 27.4 Å². The summed E-state index contributed by atoms with van der Waals surface area (Å²) in [6, 6.07) is 0. The van der Waals surface area contributed by atoms with Gasteiger partial charge in [-0.25, -0.2) is 9.48 Å². The van der Waals surface area contributed by atoms with Gasteiger partial charge in [0, 0.05) is 13.0 Å². The van der Waals surface area contributed by atoms with Gasteiger partial charge in [0.05, 0.1) is 20.1 Å². The molecule has 0 saturated carbocycles. The van der Waals surface area contributed by atoms with E-state index in [0.717, 1.165) is 31.6 Å². The van der Waals surface area contributed by atoms with Crippen LogP contribution in [0.1, 0.15) is 25.1 Å². The largest absolute Gasteiger partial charge is 0.469 e. The third-order valence-corrected chi connectivity index (χ3v) is 2.79. The number of carbonyl (C=O) groups is 1. The monoisotopic (exact) mass is 225 g/mol. The molecule has 6 nitrogen and oxygen atoms in total. The highest BCUT2D eigenvalue weighted by atomic mass is 16.5. The first kappa shape index (κ1) is 10.9. The first-order valence-electron chi connectivity index (χ1n) is 5.45. The third kappa shape index (κ3) is 2.00.